The van der Waals surface area contributed by atoms with Crippen molar-refractivity contribution in [3.8, 4) is 5.75 Å². The minimum Gasteiger partial charge on any atom is -0.435 e. The Morgan fingerprint density at radius 1 is 0.794 bits per heavy atom. The smallest absolute Gasteiger partial charge is 0.387 e. The summed E-state index contributed by atoms with van der Waals surface area (Å²) in [6, 6.07) is 21.0. The lowest BCUT2D eigenvalue weighted by Gasteiger charge is -2.15. The third kappa shape index (κ3) is 7.26. The molecule has 6 nitrogen and oxygen atoms in total. The van der Waals surface area contributed by atoms with Crippen molar-refractivity contribution in [2.75, 3.05) is 38.0 Å². The second kappa shape index (κ2) is 12.7. The number of alkyl halides is 2. The molecular weight excluding hydrogens is 464 g/mol. The zero-order chi connectivity index (χ0) is 23.3. The molecule has 0 aliphatic heterocycles. The number of halogens is 3. The third-order valence-electron chi connectivity index (χ3n) is 4.83. The van der Waals surface area contributed by atoms with Crippen molar-refractivity contribution in [3.63, 3.8) is 0 Å². The fourth-order valence-corrected chi connectivity index (χ4v) is 3.10. The van der Waals surface area contributed by atoms with Crippen LogP contribution in [0.25, 0.3) is 0 Å². The van der Waals surface area contributed by atoms with Gasteiger partial charge in [-0.05, 0) is 42.5 Å². The Balaban J connectivity index is 0.00000289. The molecule has 182 valence electrons. The van der Waals surface area contributed by atoms with Crippen molar-refractivity contribution in [1.82, 2.24) is 0 Å². The van der Waals surface area contributed by atoms with Crippen molar-refractivity contribution >= 4 is 35.4 Å². The molecule has 0 atom stereocenters. The van der Waals surface area contributed by atoms with Gasteiger partial charge in [-0.3, -0.25) is 4.79 Å². The maximum Gasteiger partial charge on any atom is 0.387 e. The summed E-state index contributed by atoms with van der Waals surface area (Å²) in [7, 11) is 7.79. The molecule has 0 spiro atoms. The summed E-state index contributed by atoms with van der Waals surface area (Å²) in [6.07, 6.45) is 0. The Bertz CT molecular complexity index is 1050. The van der Waals surface area contributed by atoms with Gasteiger partial charge >= 0.3 is 6.61 Å². The summed E-state index contributed by atoms with van der Waals surface area (Å²) in [5.74, 6) is -0.638. The number of carbonyl (C=O) groups excluding carboxylic acids is 1. The lowest BCUT2D eigenvalue weighted by molar-refractivity contribution is -0.0498. The van der Waals surface area contributed by atoms with Gasteiger partial charge in [-0.25, -0.2) is 4.99 Å². The molecule has 0 aliphatic carbocycles. The van der Waals surface area contributed by atoms with Crippen LogP contribution in [0.1, 0.15) is 21.5 Å². The van der Waals surface area contributed by atoms with E-state index in [1.54, 1.807) is 0 Å². The van der Waals surface area contributed by atoms with Crippen LogP contribution in [0.4, 0.5) is 20.2 Å². The molecule has 0 saturated heterocycles. The molecule has 3 aromatic rings. The van der Waals surface area contributed by atoms with Gasteiger partial charge in [0.25, 0.3) is 5.91 Å². The van der Waals surface area contributed by atoms with E-state index in [2.05, 4.69) is 9.73 Å². The van der Waals surface area contributed by atoms with Crippen molar-refractivity contribution in [1.29, 1.82) is 0 Å². The van der Waals surface area contributed by atoms with Gasteiger partial charge in [0, 0.05) is 56.3 Å². The van der Waals surface area contributed by atoms with E-state index < -0.39 is 12.5 Å². The number of carbonyl (C=O) groups is 1. The molecule has 3 aromatic carbocycles. The molecule has 2 N–H and O–H groups in total. The number of rotatable bonds is 7. The second-order valence-corrected chi connectivity index (χ2v) is 7.55. The highest BCUT2D eigenvalue weighted by atomic mass is 35.5. The molecule has 0 saturated carbocycles. The quantitative estimate of drug-likeness (QED) is 0.449. The van der Waals surface area contributed by atoms with Gasteiger partial charge in [0.05, 0.1) is 5.71 Å². The highest BCUT2D eigenvalue weighted by molar-refractivity contribution is 6.18. The van der Waals surface area contributed by atoms with E-state index >= 15 is 0 Å². The molecule has 34 heavy (non-hydrogen) atoms. The van der Waals surface area contributed by atoms with Crippen LogP contribution in [0.3, 0.4) is 0 Å². The summed E-state index contributed by atoms with van der Waals surface area (Å²) in [5, 5.41) is 0. The second-order valence-electron chi connectivity index (χ2n) is 7.55. The van der Waals surface area contributed by atoms with E-state index in [0.29, 0.717) is 5.71 Å². The van der Waals surface area contributed by atoms with Crippen LogP contribution in [0, 0.1) is 0 Å². The van der Waals surface area contributed by atoms with Crippen molar-refractivity contribution in [2.45, 2.75) is 6.61 Å². The Hall–Kier alpha value is -3.49. The lowest BCUT2D eigenvalue weighted by atomic mass is 10.0. The van der Waals surface area contributed by atoms with Crippen LogP contribution in [0.5, 0.6) is 5.75 Å². The highest BCUT2D eigenvalue weighted by Gasteiger charge is 2.14. The fourth-order valence-electron chi connectivity index (χ4n) is 3.10. The van der Waals surface area contributed by atoms with E-state index in [1.165, 1.54) is 24.3 Å². The molecule has 0 bridgehead atoms. The van der Waals surface area contributed by atoms with E-state index in [-0.39, 0.29) is 29.2 Å². The zero-order valence-corrected chi connectivity index (χ0v) is 20.1. The largest absolute Gasteiger partial charge is 0.435 e. The predicted octanol–water partition coefficient (Wildman–Crippen LogP) is 4.69. The topological polar surface area (TPSA) is 76.6 Å². The number of anilines is 2. The molecule has 0 unspecified atom stereocenters. The Morgan fingerprint density at radius 3 is 1.68 bits per heavy atom. The summed E-state index contributed by atoms with van der Waals surface area (Å²) in [6.45, 7) is -2.97. The maximum absolute atomic E-state index is 12.9. The number of amides is 1. The summed E-state index contributed by atoms with van der Waals surface area (Å²) in [5.41, 5.74) is 4.21. The Morgan fingerprint density at radius 2 is 1.26 bits per heavy atom. The first-order valence-electron chi connectivity index (χ1n) is 9.98. The molecule has 9 heteroatoms. The number of ether oxygens (including phenoxy) is 1. The average Bonchev–Trinajstić information content (AvgIpc) is 2.77. The van der Waals surface area contributed by atoms with Crippen LogP contribution in [-0.4, -0.2) is 51.9 Å². The van der Waals surface area contributed by atoms with Gasteiger partial charge in [-0.15, -0.1) is 12.4 Å². The Kier molecular flexibility index (Phi) is 10.6. The fraction of sp³-hybridized carbons (Fsp3) is 0.200. The van der Waals surface area contributed by atoms with E-state index in [9.17, 15) is 13.6 Å². The lowest BCUT2D eigenvalue weighted by Crippen LogP contribution is -2.12. The van der Waals surface area contributed by atoms with Gasteiger partial charge < -0.3 is 20.0 Å². The highest BCUT2D eigenvalue weighted by Crippen LogP contribution is 2.21. The minimum absolute atomic E-state index is 0. The maximum atomic E-state index is 12.9. The van der Waals surface area contributed by atoms with Crippen LogP contribution in [-0.2, 0) is 0 Å². The molecule has 0 aliphatic rings. The molecule has 1 amide bonds. The Labute approximate surface area is 204 Å². The molecule has 3 rings (SSSR count). The standard InChI is InChI=1S/C25H25F2N3O2.ClH.H2O/c1-29(2)20-12-8-17(9-13-20)23(18-10-14-21(15-11-18)30(3)4)28-24(31)19-6-5-7-22(16-19)32-25(26)27;;/h5-16,25H,1-4H3;1H;1H2. The zero-order valence-electron chi connectivity index (χ0n) is 19.3. The van der Waals surface area contributed by atoms with E-state index in [4.69, 9.17) is 0 Å². The first-order valence-corrected chi connectivity index (χ1v) is 9.98. The van der Waals surface area contributed by atoms with Crippen LogP contribution >= 0.6 is 12.4 Å². The third-order valence-corrected chi connectivity index (χ3v) is 4.83. The number of hydrogen-bond donors (Lipinski definition) is 0. The van der Waals surface area contributed by atoms with Gasteiger partial charge in [0.1, 0.15) is 5.75 Å². The van der Waals surface area contributed by atoms with E-state index in [1.807, 2.05) is 86.5 Å². The van der Waals surface area contributed by atoms with Crippen molar-refractivity contribution in [3.05, 3.63) is 89.5 Å². The molecule has 0 fully saturated rings. The molecule has 0 radical (unpaired) electrons. The molecular formula is C25H28ClF2N3O3. The summed E-state index contributed by atoms with van der Waals surface area (Å²) < 4.78 is 29.5. The van der Waals surface area contributed by atoms with E-state index in [0.717, 1.165) is 22.5 Å². The average molecular weight is 492 g/mol. The van der Waals surface area contributed by atoms with Crippen LogP contribution in [0.2, 0.25) is 0 Å². The first kappa shape index (κ1) is 28.5. The van der Waals surface area contributed by atoms with Crippen molar-refractivity contribution in [2.24, 2.45) is 4.99 Å². The number of benzene rings is 3. The summed E-state index contributed by atoms with van der Waals surface area (Å²) in [4.78, 5) is 21.3. The normalized spacial score (nSPS) is 9.97. The number of aliphatic imine (C=N–C) groups is 1. The minimum atomic E-state index is -2.97. The van der Waals surface area contributed by atoms with Crippen LogP contribution in [0.15, 0.2) is 77.8 Å². The van der Waals surface area contributed by atoms with Crippen LogP contribution < -0.4 is 14.5 Å². The first-order chi connectivity index (χ1) is 15.2. The SMILES string of the molecule is CN(C)c1ccc(C(=NC(=O)c2cccc(OC(F)F)c2)c2ccc(N(C)C)cc2)cc1.Cl.O. The van der Waals surface area contributed by atoms with Gasteiger partial charge in [0.2, 0.25) is 0 Å². The number of nitrogens with zero attached hydrogens (tertiary/aromatic N) is 3. The van der Waals surface area contributed by atoms with Gasteiger partial charge in [-0.2, -0.15) is 8.78 Å². The summed E-state index contributed by atoms with van der Waals surface area (Å²) >= 11 is 0. The van der Waals surface area contributed by atoms with Gasteiger partial charge in [0.15, 0.2) is 0 Å². The molecule has 0 aromatic heterocycles. The molecule has 0 heterocycles. The number of hydrogen-bond acceptors (Lipinski definition) is 4. The van der Waals surface area contributed by atoms with Crippen molar-refractivity contribution < 1.29 is 23.8 Å². The predicted molar refractivity (Wildman–Crippen MR) is 135 cm³/mol. The monoisotopic (exact) mass is 491 g/mol. The van der Waals surface area contributed by atoms with Gasteiger partial charge in [-0.1, -0.05) is 30.3 Å².